The van der Waals surface area contributed by atoms with Gasteiger partial charge in [0.1, 0.15) is 0 Å². The van der Waals surface area contributed by atoms with Crippen molar-refractivity contribution in [3.05, 3.63) is 23.8 Å². The molecule has 0 aromatic rings. The molecule has 0 nitrogen and oxygen atoms in total. The van der Waals surface area contributed by atoms with Crippen molar-refractivity contribution in [3.63, 3.8) is 0 Å². The Morgan fingerprint density at radius 3 is 2.64 bits per heavy atom. The maximum Gasteiger partial charge on any atom is -0.0200 e. The van der Waals surface area contributed by atoms with Crippen molar-refractivity contribution in [3.8, 4) is 0 Å². The lowest BCUT2D eigenvalue weighted by molar-refractivity contribution is 0.392. The molecule has 2 rings (SSSR count). The van der Waals surface area contributed by atoms with Crippen LogP contribution in [0.1, 0.15) is 57.8 Å². The predicted molar refractivity (Wildman–Crippen MR) is 62.3 cm³/mol. The molecule has 0 N–H and O–H groups in total. The standard InChI is InChI=1S/C14H22/c1-2-5-9-13(10-6-3-1)14-11-7-4-8-12-14/h2,5,9,14H,1,3-4,6-8,10-12H2. The van der Waals surface area contributed by atoms with Gasteiger partial charge in [0, 0.05) is 0 Å². The highest BCUT2D eigenvalue weighted by atomic mass is 14.2. The monoisotopic (exact) mass is 190 g/mol. The summed E-state index contributed by atoms with van der Waals surface area (Å²) >= 11 is 0. The van der Waals surface area contributed by atoms with Crippen molar-refractivity contribution in [2.24, 2.45) is 5.92 Å². The first kappa shape index (κ1) is 10.0. The van der Waals surface area contributed by atoms with E-state index in [0.29, 0.717) is 0 Å². The van der Waals surface area contributed by atoms with Gasteiger partial charge in [0.05, 0.1) is 0 Å². The van der Waals surface area contributed by atoms with Crippen LogP contribution >= 0.6 is 0 Å². The summed E-state index contributed by atoms with van der Waals surface area (Å²) in [6, 6.07) is 0. The third-order valence-electron chi connectivity index (χ3n) is 3.66. The number of hydrogen-bond donors (Lipinski definition) is 0. The van der Waals surface area contributed by atoms with E-state index in [2.05, 4.69) is 18.2 Å². The van der Waals surface area contributed by atoms with Crippen molar-refractivity contribution in [1.82, 2.24) is 0 Å². The zero-order valence-corrected chi connectivity index (χ0v) is 9.17. The van der Waals surface area contributed by atoms with Crippen LogP contribution in [-0.4, -0.2) is 0 Å². The van der Waals surface area contributed by atoms with Crippen molar-refractivity contribution in [2.45, 2.75) is 57.8 Å². The molecular weight excluding hydrogens is 168 g/mol. The molecule has 0 heteroatoms. The summed E-state index contributed by atoms with van der Waals surface area (Å²) in [6.07, 6.45) is 19.8. The van der Waals surface area contributed by atoms with Gasteiger partial charge in [0.2, 0.25) is 0 Å². The van der Waals surface area contributed by atoms with Gasteiger partial charge < -0.3 is 0 Å². The molecule has 1 saturated carbocycles. The quantitative estimate of drug-likeness (QED) is 0.566. The third-order valence-corrected chi connectivity index (χ3v) is 3.66. The number of rotatable bonds is 1. The Morgan fingerprint density at radius 1 is 0.929 bits per heavy atom. The summed E-state index contributed by atoms with van der Waals surface area (Å²) in [5.41, 5.74) is 1.75. The van der Waals surface area contributed by atoms with Crippen molar-refractivity contribution in [1.29, 1.82) is 0 Å². The average Bonchev–Trinajstić information content (AvgIpc) is 2.18. The Bertz CT molecular complexity index is 216. The van der Waals surface area contributed by atoms with E-state index in [-0.39, 0.29) is 0 Å². The van der Waals surface area contributed by atoms with Crippen LogP contribution in [0.5, 0.6) is 0 Å². The summed E-state index contributed by atoms with van der Waals surface area (Å²) in [4.78, 5) is 0. The molecule has 0 heterocycles. The predicted octanol–water partition coefficient (Wildman–Crippen LogP) is 4.62. The van der Waals surface area contributed by atoms with Crippen LogP contribution in [0.4, 0.5) is 0 Å². The van der Waals surface area contributed by atoms with Crippen LogP contribution in [0.25, 0.3) is 0 Å². The molecule has 0 aliphatic heterocycles. The van der Waals surface area contributed by atoms with Crippen molar-refractivity contribution >= 4 is 0 Å². The van der Waals surface area contributed by atoms with Crippen molar-refractivity contribution < 1.29 is 0 Å². The molecule has 0 atom stereocenters. The maximum atomic E-state index is 2.41. The Balaban J connectivity index is 1.98. The lowest BCUT2D eigenvalue weighted by atomic mass is 9.81. The van der Waals surface area contributed by atoms with E-state index in [0.717, 1.165) is 5.92 Å². The fourth-order valence-corrected chi connectivity index (χ4v) is 2.78. The first-order valence-corrected chi connectivity index (χ1v) is 6.32. The van der Waals surface area contributed by atoms with Gasteiger partial charge in [0.15, 0.2) is 0 Å². The Labute approximate surface area is 88.1 Å². The van der Waals surface area contributed by atoms with E-state index in [1.54, 1.807) is 5.57 Å². The maximum absolute atomic E-state index is 2.41. The highest BCUT2D eigenvalue weighted by Crippen LogP contribution is 2.32. The molecule has 2 aliphatic rings. The Kier molecular flexibility index (Phi) is 3.85. The lowest BCUT2D eigenvalue weighted by Crippen LogP contribution is -2.09. The molecule has 0 amide bonds. The summed E-state index contributed by atoms with van der Waals surface area (Å²) in [5, 5.41) is 0. The van der Waals surface area contributed by atoms with Gasteiger partial charge in [-0.1, -0.05) is 43.1 Å². The van der Waals surface area contributed by atoms with Crippen LogP contribution in [-0.2, 0) is 0 Å². The van der Waals surface area contributed by atoms with Crippen molar-refractivity contribution in [2.75, 3.05) is 0 Å². The highest BCUT2D eigenvalue weighted by molar-refractivity contribution is 5.16. The molecule has 2 aliphatic carbocycles. The van der Waals surface area contributed by atoms with E-state index in [1.165, 1.54) is 57.8 Å². The molecule has 0 bridgehead atoms. The van der Waals surface area contributed by atoms with Crippen LogP contribution in [0.2, 0.25) is 0 Å². The number of allylic oxidation sites excluding steroid dienone is 4. The van der Waals surface area contributed by atoms with Crippen LogP contribution in [0.15, 0.2) is 23.8 Å². The van der Waals surface area contributed by atoms with Gasteiger partial charge in [-0.2, -0.15) is 0 Å². The Hall–Kier alpha value is -0.520. The summed E-state index contributed by atoms with van der Waals surface area (Å²) in [5.74, 6) is 0.937. The van der Waals surface area contributed by atoms with Gasteiger partial charge in [-0.05, 0) is 44.4 Å². The van der Waals surface area contributed by atoms with Gasteiger partial charge >= 0.3 is 0 Å². The molecule has 78 valence electrons. The van der Waals surface area contributed by atoms with Gasteiger partial charge in [-0.25, -0.2) is 0 Å². The summed E-state index contributed by atoms with van der Waals surface area (Å²) in [7, 11) is 0. The van der Waals surface area contributed by atoms with Gasteiger partial charge in [-0.3, -0.25) is 0 Å². The second kappa shape index (κ2) is 5.38. The molecule has 0 radical (unpaired) electrons. The molecule has 0 aromatic heterocycles. The third kappa shape index (κ3) is 2.73. The largest absolute Gasteiger partial charge is 0.0845 e. The number of hydrogen-bond acceptors (Lipinski definition) is 0. The first-order chi connectivity index (χ1) is 6.97. The second-order valence-corrected chi connectivity index (χ2v) is 4.75. The minimum absolute atomic E-state index is 0.937. The van der Waals surface area contributed by atoms with Gasteiger partial charge in [-0.15, -0.1) is 0 Å². The Morgan fingerprint density at radius 2 is 1.79 bits per heavy atom. The smallest absolute Gasteiger partial charge is 0.0200 e. The molecule has 1 fully saturated rings. The zero-order chi connectivity index (χ0) is 9.64. The zero-order valence-electron chi connectivity index (χ0n) is 9.17. The fraction of sp³-hybridized carbons (Fsp3) is 0.714. The van der Waals surface area contributed by atoms with Crippen LogP contribution in [0.3, 0.4) is 0 Å². The molecular formula is C14H22. The van der Waals surface area contributed by atoms with E-state index in [9.17, 15) is 0 Å². The molecule has 14 heavy (non-hydrogen) atoms. The van der Waals surface area contributed by atoms with E-state index in [1.807, 2.05) is 0 Å². The van der Waals surface area contributed by atoms with E-state index < -0.39 is 0 Å². The van der Waals surface area contributed by atoms with E-state index >= 15 is 0 Å². The molecule has 0 saturated heterocycles. The van der Waals surface area contributed by atoms with Crippen LogP contribution in [0, 0.1) is 5.92 Å². The average molecular weight is 190 g/mol. The topological polar surface area (TPSA) is 0 Å². The second-order valence-electron chi connectivity index (χ2n) is 4.75. The lowest BCUT2D eigenvalue weighted by Gasteiger charge is -2.25. The minimum Gasteiger partial charge on any atom is -0.0845 e. The highest BCUT2D eigenvalue weighted by Gasteiger charge is 2.17. The normalized spacial score (nSPS) is 25.3. The minimum atomic E-state index is 0.937. The van der Waals surface area contributed by atoms with Gasteiger partial charge in [0.25, 0.3) is 0 Å². The summed E-state index contributed by atoms with van der Waals surface area (Å²) < 4.78 is 0. The first-order valence-electron chi connectivity index (χ1n) is 6.32. The fourth-order valence-electron chi connectivity index (χ4n) is 2.78. The van der Waals surface area contributed by atoms with Crippen LogP contribution < -0.4 is 0 Å². The molecule has 0 unspecified atom stereocenters. The summed E-state index contributed by atoms with van der Waals surface area (Å²) in [6.45, 7) is 0. The molecule has 0 aromatic carbocycles. The van der Waals surface area contributed by atoms with E-state index in [4.69, 9.17) is 0 Å². The SMILES string of the molecule is C1=CCCCCC(C2CCCCC2)=C1. The molecule has 0 spiro atoms.